The van der Waals surface area contributed by atoms with Gasteiger partial charge in [-0.3, -0.25) is 0 Å². The number of hydrogen-bond acceptors (Lipinski definition) is 3. The van der Waals surface area contributed by atoms with Gasteiger partial charge in [0.05, 0.1) is 12.2 Å². The third-order valence-corrected chi connectivity index (χ3v) is 3.10. The molecule has 0 bridgehead atoms. The highest BCUT2D eigenvalue weighted by atomic mass is 16.5. The van der Waals surface area contributed by atoms with Crippen molar-refractivity contribution in [2.45, 2.75) is 26.4 Å². The standard InChI is InChI=1S/C11H16O.C10H10O2/c1-2-3-9-12-10-11-7-5-4-6-8-11;1-2-8-12-10(11)9-6-4-3-5-7-9/h4-8H,2-3,9-10H2,1H3;2-7H,1,8H2. The lowest BCUT2D eigenvalue weighted by atomic mass is 10.2. The summed E-state index contributed by atoms with van der Waals surface area (Å²) in [4.78, 5) is 11.1. The summed E-state index contributed by atoms with van der Waals surface area (Å²) in [7, 11) is 0. The van der Waals surface area contributed by atoms with Gasteiger partial charge in [-0.1, -0.05) is 74.5 Å². The molecule has 0 N–H and O–H groups in total. The quantitative estimate of drug-likeness (QED) is 0.387. The van der Waals surface area contributed by atoms with Gasteiger partial charge >= 0.3 is 5.97 Å². The van der Waals surface area contributed by atoms with E-state index in [1.807, 2.05) is 24.3 Å². The number of ether oxygens (including phenoxy) is 2. The van der Waals surface area contributed by atoms with Crippen molar-refractivity contribution < 1.29 is 14.3 Å². The maximum absolute atomic E-state index is 11.1. The average molecular weight is 326 g/mol. The van der Waals surface area contributed by atoms with Crippen LogP contribution in [0.3, 0.4) is 0 Å². The van der Waals surface area contributed by atoms with Gasteiger partial charge in [0.1, 0.15) is 6.61 Å². The number of unbranched alkanes of at least 4 members (excludes halogenated alkanes) is 1. The summed E-state index contributed by atoms with van der Waals surface area (Å²) in [5.74, 6) is -0.310. The molecule has 0 aliphatic rings. The topological polar surface area (TPSA) is 35.5 Å². The lowest BCUT2D eigenvalue weighted by molar-refractivity contribution is 0.0549. The molecule has 2 aromatic rings. The van der Waals surface area contributed by atoms with Crippen LogP contribution >= 0.6 is 0 Å². The Hall–Kier alpha value is -2.39. The second-order valence-corrected chi connectivity index (χ2v) is 5.14. The van der Waals surface area contributed by atoms with Crippen molar-refractivity contribution in [1.82, 2.24) is 0 Å². The first-order chi connectivity index (χ1) is 11.8. The van der Waals surface area contributed by atoms with Crippen LogP contribution in [0.1, 0.15) is 35.7 Å². The monoisotopic (exact) mass is 326 g/mol. The van der Waals surface area contributed by atoms with Crippen molar-refractivity contribution in [2.75, 3.05) is 13.2 Å². The number of rotatable bonds is 8. The highest BCUT2D eigenvalue weighted by molar-refractivity contribution is 5.89. The fraction of sp³-hybridized carbons (Fsp3) is 0.286. The number of benzene rings is 2. The molecule has 2 rings (SSSR count). The lowest BCUT2D eigenvalue weighted by Crippen LogP contribution is -2.04. The van der Waals surface area contributed by atoms with E-state index in [-0.39, 0.29) is 12.6 Å². The van der Waals surface area contributed by atoms with Crippen LogP contribution < -0.4 is 0 Å². The third kappa shape index (κ3) is 8.91. The van der Waals surface area contributed by atoms with Gasteiger partial charge in [0.25, 0.3) is 0 Å². The molecule has 3 heteroatoms. The average Bonchev–Trinajstić information content (AvgIpc) is 2.65. The van der Waals surface area contributed by atoms with Gasteiger partial charge in [0.15, 0.2) is 0 Å². The molecule has 0 aliphatic carbocycles. The highest BCUT2D eigenvalue weighted by Crippen LogP contribution is 2.01. The van der Waals surface area contributed by atoms with E-state index in [4.69, 9.17) is 9.47 Å². The fourth-order valence-corrected chi connectivity index (χ4v) is 1.80. The van der Waals surface area contributed by atoms with Crippen LogP contribution in [-0.4, -0.2) is 19.2 Å². The molecule has 128 valence electrons. The van der Waals surface area contributed by atoms with Gasteiger partial charge in [-0.15, -0.1) is 0 Å². The molecule has 0 heterocycles. The van der Waals surface area contributed by atoms with E-state index in [1.54, 1.807) is 30.3 Å². The van der Waals surface area contributed by atoms with Crippen molar-refractivity contribution in [1.29, 1.82) is 0 Å². The summed E-state index contributed by atoms with van der Waals surface area (Å²) >= 11 is 0. The molecule has 24 heavy (non-hydrogen) atoms. The fourth-order valence-electron chi connectivity index (χ4n) is 1.80. The minimum Gasteiger partial charge on any atom is -0.458 e. The zero-order valence-corrected chi connectivity index (χ0v) is 14.3. The molecule has 2 aromatic carbocycles. The molecule has 0 aromatic heterocycles. The SMILES string of the molecule is C=CCOC(=O)c1ccccc1.CCCCOCc1ccccc1. The van der Waals surface area contributed by atoms with E-state index in [0.717, 1.165) is 19.6 Å². The zero-order valence-electron chi connectivity index (χ0n) is 14.3. The van der Waals surface area contributed by atoms with Gasteiger partial charge in [0.2, 0.25) is 0 Å². The van der Waals surface area contributed by atoms with Crippen molar-refractivity contribution >= 4 is 5.97 Å². The molecule has 0 saturated heterocycles. The Morgan fingerprint density at radius 2 is 1.67 bits per heavy atom. The molecule has 0 saturated carbocycles. The molecule has 0 unspecified atom stereocenters. The Bertz CT molecular complexity index is 564. The van der Waals surface area contributed by atoms with Crippen LogP contribution in [0.15, 0.2) is 73.3 Å². The molecular formula is C21H26O3. The second-order valence-electron chi connectivity index (χ2n) is 5.14. The summed E-state index contributed by atoms with van der Waals surface area (Å²) in [6, 6.07) is 19.2. The van der Waals surface area contributed by atoms with Crippen LogP contribution in [-0.2, 0) is 16.1 Å². The predicted octanol–water partition coefficient (Wildman–Crippen LogP) is 5.03. The number of carbonyl (C=O) groups excluding carboxylic acids is 1. The molecule has 0 atom stereocenters. The third-order valence-electron chi connectivity index (χ3n) is 3.10. The zero-order chi connectivity index (χ0) is 17.5. The molecular weight excluding hydrogens is 300 g/mol. The predicted molar refractivity (Wildman–Crippen MR) is 97.9 cm³/mol. The first-order valence-electron chi connectivity index (χ1n) is 8.22. The van der Waals surface area contributed by atoms with Gasteiger partial charge in [-0.2, -0.15) is 0 Å². The Morgan fingerprint density at radius 1 is 1.04 bits per heavy atom. The van der Waals surface area contributed by atoms with E-state index in [1.165, 1.54) is 12.0 Å². The Balaban J connectivity index is 0.000000240. The van der Waals surface area contributed by atoms with Gasteiger partial charge in [-0.25, -0.2) is 4.79 Å². The van der Waals surface area contributed by atoms with E-state index in [2.05, 4.69) is 25.6 Å². The van der Waals surface area contributed by atoms with Crippen LogP contribution in [0.2, 0.25) is 0 Å². The minimum absolute atomic E-state index is 0.258. The van der Waals surface area contributed by atoms with Gasteiger partial charge in [0, 0.05) is 6.61 Å². The Morgan fingerprint density at radius 3 is 2.25 bits per heavy atom. The Labute approximate surface area is 144 Å². The minimum atomic E-state index is -0.310. The number of carbonyl (C=O) groups is 1. The van der Waals surface area contributed by atoms with Crippen LogP contribution in [0, 0.1) is 0 Å². The summed E-state index contributed by atoms with van der Waals surface area (Å²) < 4.78 is 10.3. The van der Waals surface area contributed by atoms with Crippen LogP contribution in [0.5, 0.6) is 0 Å². The molecule has 0 amide bonds. The van der Waals surface area contributed by atoms with Crippen molar-refractivity contribution in [3.8, 4) is 0 Å². The lowest BCUT2D eigenvalue weighted by Gasteiger charge is -2.02. The maximum Gasteiger partial charge on any atom is 0.338 e. The van der Waals surface area contributed by atoms with Crippen LogP contribution in [0.25, 0.3) is 0 Å². The van der Waals surface area contributed by atoms with E-state index >= 15 is 0 Å². The highest BCUT2D eigenvalue weighted by Gasteiger charge is 2.03. The summed E-state index contributed by atoms with van der Waals surface area (Å²) in [6.07, 6.45) is 3.91. The van der Waals surface area contributed by atoms with E-state index in [9.17, 15) is 4.79 Å². The molecule has 0 fully saturated rings. The Kier molecular flexibility index (Phi) is 10.7. The van der Waals surface area contributed by atoms with Crippen LogP contribution in [0.4, 0.5) is 0 Å². The van der Waals surface area contributed by atoms with E-state index in [0.29, 0.717) is 5.56 Å². The van der Waals surface area contributed by atoms with Crippen molar-refractivity contribution in [3.05, 3.63) is 84.4 Å². The van der Waals surface area contributed by atoms with Gasteiger partial charge in [-0.05, 0) is 24.1 Å². The molecule has 3 nitrogen and oxygen atoms in total. The first kappa shape index (κ1) is 19.7. The summed E-state index contributed by atoms with van der Waals surface area (Å²) in [5, 5.41) is 0. The van der Waals surface area contributed by atoms with Gasteiger partial charge < -0.3 is 9.47 Å². The second kappa shape index (κ2) is 13.1. The normalized spacial score (nSPS) is 9.54. The molecule has 0 aliphatic heterocycles. The summed E-state index contributed by atoms with van der Waals surface area (Å²) in [6.45, 7) is 7.51. The van der Waals surface area contributed by atoms with Crippen molar-refractivity contribution in [2.24, 2.45) is 0 Å². The van der Waals surface area contributed by atoms with Crippen molar-refractivity contribution in [3.63, 3.8) is 0 Å². The first-order valence-corrected chi connectivity index (χ1v) is 8.22. The summed E-state index contributed by atoms with van der Waals surface area (Å²) in [5.41, 5.74) is 1.83. The largest absolute Gasteiger partial charge is 0.458 e. The maximum atomic E-state index is 11.1. The smallest absolute Gasteiger partial charge is 0.338 e. The molecule has 0 spiro atoms. The van der Waals surface area contributed by atoms with E-state index < -0.39 is 0 Å². The number of esters is 1. The molecule has 0 radical (unpaired) electrons. The number of hydrogen-bond donors (Lipinski definition) is 0.